The van der Waals surface area contributed by atoms with Crippen molar-refractivity contribution >= 4 is 21.8 Å². The highest BCUT2D eigenvalue weighted by molar-refractivity contribution is 7.93. The van der Waals surface area contributed by atoms with E-state index in [9.17, 15) is 18.0 Å². The van der Waals surface area contributed by atoms with Crippen LogP contribution in [-0.2, 0) is 39.7 Å². The van der Waals surface area contributed by atoms with E-state index in [1.54, 1.807) is 38.1 Å². The van der Waals surface area contributed by atoms with Crippen LogP contribution < -0.4 is 0 Å². The van der Waals surface area contributed by atoms with E-state index in [0.717, 1.165) is 27.8 Å². The number of ether oxygens (including phenoxy) is 2. The van der Waals surface area contributed by atoms with Crippen LogP contribution in [0.5, 0.6) is 0 Å². The molecule has 0 amide bonds. The average molecular weight is 688 g/mol. The van der Waals surface area contributed by atoms with Gasteiger partial charge in [-0.05, 0) is 97.4 Å². The number of unbranched alkanes of at least 4 members (excludes halogenated alkanes) is 2. The van der Waals surface area contributed by atoms with Crippen LogP contribution >= 0.6 is 0 Å². The number of carbonyl (C=O) groups excluding carboxylic acids is 2. The molecular weight excluding hydrogens is 635 g/mol. The van der Waals surface area contributed by atoms with Crippen molar-refractivity contribution in [2.75, 3.05) is 13.2 Å². The lowest BCUT2D eigenvalue weighted by Gasteiger charge is -2.29. The van der Waals surface area contributed by atoms with Gasteiger partial charge in [0.1, 0.15) is 0 Å². The molecule has 7 nitrogen and oxygen atoms in total. The van der Waals surface area contributed by atoms with E-state index in [4.69, 9.17) is 16.0 Å². The number of carbonyl (C=O) groups is 2. The minimum atomic E-state index is -4.06. The summed E-state index contributed by atoms with van der Waals surface area (Å²) in [5.74, 6) is -0.637. The van der Waals surface area contributed by atoms with Crippen LogP contribution in [0.1, 0.15) is 107 Å². The Bertz CT molecular complexity index is 1610. The van der Waals surface area contributed by atoms with Crippen LogP contribution in [-0.4, -0.2) is 38.4 Å². The van der Waals surface area contributed by atoms with Crippen LogP contribution in [0.2, 0.25) is 0 Å². The summed E-state index contributed by atoms with van der Waals surface area (Å²) < 4.78 is 39.6. The zero-order valence-corrected chi connectivity index (χ0v) is 31.1. The van der Waals surface area contributed by atoms with Gasteiger partial charge in [-0.2, -0.15) is 0 Å². The molecule has 0 aromatic heterocycles. The molecule has 0 N–H and O–H groups in total. The largest absolute Gasteiger partial charge is 0.465 e. The van der Waals surface area contributed by atoms with Gasteiger partial charge in [0.05, 0.1) is 28.9 Å². The highest BCUT2D eigenvalue weighted by Gasteiger charge is 2.51. The minimum Gasteiger partial charge on any atom is -0.465 e. The smallest absolute Gasteiger partial charge is 0.333 e. The number of aryl methyl sites for hydroxylation is 3. The third-order valence-corrected chi connectivity index (χ3v) is 12.2. The molecule has 8 heteroatoms. The standard InChI is InChI=1S/C41H53NO6S/c1-9-47-37(43)39(6,34-21-15-31(3)16-22-34)27-11-13-29-41(42-8,49(45,46)36-25-19-33(5)20-26-36)30-14-12-28-40(7,38(44)48-10-2)35-23-17-32(4)18-24-35/h15-26H,9-14,27-30H2,1-7H3. The molecule has 0 aliphatic heterocycles. The maximum absolute atomic E-state index is 14.3. The molecule has 3 rings (SSSR count). The van der Waals surface area contributed by atoms with Crippen LogP contribution in [0.15, 0.2) is 77.7 Å². The number of benzene rings is 3. The van der Waals surface area contributed by atoms with Crippen molar-refractivity contribution in [3.05, 3.63) is 112 Å². The van der Waals surface area contributed by atoms with Crippen molar-refractivity contribution < 1.29 is 27.5 Å². The molecule has 0 saturated carbocycles. The molecule has 0 bridgehead atoms. The summed E-state index contributed by atoms with van der Waals surface area (Å²) in [6, 6.07) is 22.3. The average Bonchev–Trinajstić information content (AvgIpc) is 3.08. The zero-order valence-electron chi connectivity index (χ0n) is 30.3. The van der Waals surface area contributed by atoms with Gasteiger partial charge >= 0.3 is 16.8 Å². The fraction of sp³-hybridized carbons (Fsp3) is 0.488. The van der Waals surface area contributed by atoms with Crippen LogP contribution in [0.25, 0.3) is 4.85 Å². The Morgan fingerprint density at radius 1 is 0.612 bits per heavy atom. The Morgan fingerprint density at radius 2 is 0.939 bits per heavy atom. The number of hydrogen-bond acceptors (Lipinski definition) is 6. The highest BCUT2D eigenvalue weighted by atomic mass is 32.2. The number of hydrogen-bond donors (Lipinski definition) is 0. The van der Waals surface area contributed by atoms with Gasteiger partial charge in [-0.1, -0.05) is 90.2 Å². The van der Waals surface area contributed by atoms with Crippen LogP contribution in [0.3, 0.4) is 0 Å². The van der Waals surface area contributed by atoms with Crippen molar-refractivity contribution in [1.29, 1.82) is 0 Å². The summed E-state index contributed by atoms with van der Waals surface area (Å²) in [6.07, 6.45) is 3.04. The van der Waals surface area contributed by atoms with E-state index < -0.39 is 25.5 Å². The lowest BCUT2D eigenvalue weighted by atomic mass is 9.77. The summed E-state index contributed by atoms with van der Waals surface area (Å²) in [7, 11) is -4.06. The van der Waals surface area contributed by atoms with E-state index in [0.29, 0.717) is 38.5 Å². The van der Waals surface area contributed by atoms with Gasteiger partial charge < -0.3 is 9.47 Å². The van der Waals surface area contributed by atoms with E-state index in [2.05, 4.69) is 4.85 Å². The van der Waals surface area contributed by atoms with Crippen molar-refractivity contribution in [3.8, 4) is 0 Å². The van der Waals surface area contributed by atoms with Crippen molar-refractivity contribution in [2.24, 2.45) is 0 Å². The summed E-state index contributed by atoms with van der Waals surface area (Å²) in [5, 5.41) is 0. The van der Waals surface area contributed by atoms with Gasteiger partial charge in [-0.3, -0.25) is 14.4 Å². The molecule has 0 saturated heterocycles. The summed E-state index contributed by atoms with van der Waals surface area (Å²) >= 11 is 0. The molecule has 49 heavy (non-hydrogen) atoms. The molecule has 2 unspecified atom stereocenters. The lowest BCUT2D eigenvalue weighted by molar-refractivity contribution is -0.150. The van der Waals surface area contributed by atoms with Gasteiger partial charge in [0.15, 0.2) is 0 Å². The monoisotopic (exact) mass is 687 g/mol. The van der Waals surface area contributed by atoms with Crippen LogP contribution in [0, 0.1) is 27.3 Å². The van der Waals surface area contributed by atoms with E-state index in [1.807, 2.05) is 83.1 Å². The van der Waals surface area contributed by atoms with Crippen LogP contribution in [0.4, 0.5) is 0 Å². The summed E-state index contributed by atoms with van der Waals surface area (Å²) in [6.45, 7) is 22.0. The maximum atomic E-state index is 14.3. The van der Waals surface area contributed by atoms with Gasteiger partial charge in [0.25, 0.3) is 9.84 Å². The molecule has 0 radical (unpaired) electrons. The van der Waals surface area contributed by atoms with Crippen molar-refractivity contribution in [3.63, 3.8) is 0 Å². The van der Waals surface area contributed by atoms with Gasteiger partial charge in [0, 0.05) is 12.8 Å². The van der Waals surface area contributed by atoms with E-state index in [-0.39, 0.29) is 42.9 Å². The third kappa shape index (κ3) is 9.19. The molecule has 264 valence electrons. The molecule has 0 fully saturated rings. The predicted molar refractivity (Wildman–Crippen MR) is 195 cm³/mol. The first-order chi connectivity index (χ1) is 23.2. The Kier molecular flexibility index (Phi) is 13.8. The van der Waals surface area contributed by atoms with Crippen molar-refractivity contribution in [1.82, 2.24) is 0 Å². The Hall–Kier alpha value is -3.96. The molecule has 0 aliphatic carbocycles. The summed E-state index contributed by atoms with van der Waals surface area (Å²) in [5.41, 5.74) is 2.97. The molecule has 3 aromatic rings. The number of rotatable bonds is 18. The number of sulfone groups is 1. The second-order valence-corrected chi connectivity index (χ2v) is 15.9. The van der Waals surface area contributed by atoms with Gasteiger partial charge in [-0.15, -0.1) is 0 Å². The molecule has 0 aliphatic rings. The second kappa shape index (κ2) is 17.1. The highest BCUT2D eigenvalue weighted by Crippen LogP contribution is 2.40. The normalized spacial score (nSPS) is 15.2. The summed E-state index contributed by atoms with van der Waals surface area (Å²) in [4.78, 5) is 28.8. The molecular formula is C41H53NO6S. The maximum Gasteiger partial charge on any atom is 0.333 e. The molecule has 3 aromatic carbocycles. The topological polar surface area (TPSA) is 91.1 Å². The second-order valence-electron chi connectivity index (χ2n) is 13.6. The Morgan fingerprint density at radius 3 is 1.27 bits per heavy atom. The van der Waals surface area contributed by atoms with E-state index in [1.165, 1.54) is 0 Å². The first-order valence-electron chi connectivity index (χ1n) is 17.4. The lowest BCUT2D eigenvalue weighted by Crippen LogP contribution is -2.37. The number of esters is 2. The number of nitrogens with zero attached hydrogens (tertiary/aromatic N) is 1. The first kappa shape index (κ1) is 39.5. The van der Waals surface area contributed by atoms with Crippen molar-refractivity contribution in [2.45, 2.75) is 120 Å². The fourth-order valence-electron chi connectivity index (χ4n) is 6.41. The molecule has 0 heterocycles. The minimum absolute atomic E-state index is 0.118. The third-order valence-electron chi connectivity index (χ3n) is 9.85. The van der Waals surface area contributed by atoms with Gasteiger partial charge in [0.2, 0.25) is 0 Å². The quantitative estimate of drug-likeness (QED) is 0.0753. The SMILES string of the molecule is [C-]#[N+]C(CCCCC(C)(C(=O)OCC)c1ccc(C)cc1)(CCCCC(C)(C(=O)OCC)c1ccc(C)cc1)S(=O)(=O)c1ccc(C)cc1. The Labute approximate surface area is 294 Å². The Balaban J connectivity index is 1.86. The van der Waals surface area contributed by atoms with Gasteiger partial charge in [-0.25, -0.2) is 15.0 Å². The molecule has 0 spiro atoms. The van der Waals surface area contributed by atoms with E-state index >= 15 is 0 Å². The zero-order chi connectivity index (χ0) is 36.3. The first-order valence-corrected chi connectivity index (χ1v) is 18.9. The predicted octanol–water partition coefficient (Wildman–Crippen LogP) is 9.16. The molecule has 2 atom stereocenters. The fourth-order valence-corrected chi connectivity index (χ4v) is 8.29.